The number of rotatable bonds is 3. The number of aryl methyl sites for hydroxylation is 1. The van der Waals surface area contributed by atoms with Gasteiger partial charge in [0.2, 0.25) is 5.82 Å². The monoisotopic (exact) mass is 299 g/mol. The predicted molar refractivity (Wildman–Crippen MR) is 84.0 cm³/mol. The summed E-state index contributed by atoms with van der Waals surface area (Å²) in [5.41, 5.74) is 9.22. The van der Waals surface area contributed by atoms with Crippen LogP contribution in [0.1, 0.15) is 12.5 Å². The van der Waals surface area contributed by atoms with Gasteiger partial charge in [-0.25, -0.2) is 0 Å². The Morgan fingerprint density at radius 1 is 1.10 bits per heavy atom. The van der Waals surface area contributed by atoms with E-state index < -0.39 is 0 Å². The highest BCUT2D eigenvalue weighted by atomic mass is 35.5. The van der Waals surface area contributed by atoms with Gasteiger partial charge in [-0.3, -0.25) is 0 Å². The van der Waals surface area contributed by atoms with Crippen molar-refractivity contribution in [3.05, 3.63) is 53.1 Å². The van der Waals surface area contributed by atoms with Gasteiger partial charge in [0.1, 0.15) is 0 Å². The van der Waals surface area contributed by atoms with Gasteiger partial charge in [0.25, 0.3) is 5.89 Å². The Morgan fingerprint density at radius 2 is 1.81 bits per heavy atom. The van der Waals surface area contributed by atoms with Crippen LogP contribution in [0.25, 0.3) is 22.8 Å². The summed E-state index contributed by atoms with van der Waals surface area (Å²) in [5, 5.41) is 4.52. The molecular weight excluding hydrogens is 286 g/mol. The van der Waals surface area contributed by atoms with Crippen LogP contribution in [0.2, 0.25) is 5.02 Å². The average Bonchev–Trinajstić information content (AvgIpc) is 3.00. The fourth-order valence-electron chi connectivity index (χ4n) is 2.02. The summed E-state index contributed by atoms with van der Waals surface area (Å²) in [4.78, 5) is 4.40. The Hall–Kier alpha value is -2.33. The second kappa shape index (κ2) is 5.58. The van der Waals surface area contributed by atoms with Crippen LogP contribution in [-0.2, 0) is 6.42 Å². The largest absolute Gasteiger partial charge is 0.398 e. The number of hydrogen-bond acceptors (Lipinski definition) is 4. The zero-order chi connectivity index (χ0) is 14.8. The first-order chi connectivity index (χ1) is 10.2. The summed E-state index contributed by atoms with van der Waals surface area (Å²) >= 11 is 5.91. The number of hydrogen-bond donors (Lipinski definition) is 1. The van der Waals surface area contributed by atoms with Gasteiger partial charge in [0.05, 0.1) is 10.7 Å². The fourth-order valence-corrected chi connectivity index (χ4v) is 2.14. The first-order valence-corrected chi connectivity index (χ1v) is 7.03. The van der Waals surface area contributed by atoms with E-state index >= 15 is 0 Å². The molecule has 106 valence electrons. The predicted octanol–water partition coefficient (Wildman–Crippen LogP) is 4.20. The Bertz CT molecular complexity index is 765. The molecule has 0 unspecified atom stereocenters. The molecule has 21 heavy (non-hydrogen) atoms. The zero-order valence-corrected chi connectivity index (χ0v) is 12.3. The number of nitrogen functional groups attached to an aromatic ring is 1. The van der Waals surface area contributed by atoms with Gasteiger partial charge >= 0.3 is 0 Å². The minimum absolute atomic E-state index is 0.424. The van der Waals surface area contributed by atoms with Crippen molar-refractivity contribution in [2.75, 3.05) is 5.73 Å². The van der Waals surface area contributed by atoms with E-state index in [1.165, 1.54) is 5.56 Å². The summed E-state index contributed by atoms with van der Waals surface area (Å²) in [5.74, 6) is 0.981. The molecule has 0 spiro atoms. The van der Waals surface area contributed by atoms with E-state index in [0.29, 0.717) is 22.4 Å². The molecular formula is C16H14ClN3O. The van der Waals surface area contributed by atoms with Crippen molar-refractivity contribution < 1.29 is 4.52 Å². The fraction of sp³-hybridized carbons (Fsp3) is 0.125. The van der Waals surface area contributed by atoms with Gasteiger partial charge in [-0.05, 0) is 30.2 Å². The van der Waals surface area contributed by atoms with E-state index in [9.17, 15) is 0 Å². The van der Waals surface area contributed by atoms with Crippen LogP contribution in [0.3, 0.4) is 0 Å². The maximum absolute atomic E-state index is 5.91. The first kappa shape index (κ1) is 13.6. The Morgan fingerprint density at radius 3 is 2.48 bits per heavy atom. The third-order valence-corrected chi connectivity index (χ3v) is 3.63. The molecule has 0 saturated carbocycles. The number of anilines is 1. The molecule has 0 aliphatic heterocycles. The summed E-state index contributed by atoms with van der Waals surface area (Å²) in [6.45, 7) is 2.12. The second-order valence-electron chi connectivity index (χ2n) is 4.71. The molecule has 2 aromatic carbocycles. The number of nitrogens with two attached hydrogens (primary N) is 1. The molecule has 3 aromatic rings. The van der Waals surface area contributed by atoms with Crippen molar-refractivity contribution in [3.8, 4) is 22.8 Å². The highest BCUT2D eigenvalue weighted by Gasteiger charge is 2.11. The number of nitrogens with zero attached hydrogens (tertiary/aromatic N) is 2. The van der Waals surface area contributed by atoms with E-state index in [4.69, 9.17) is 21.9 Å². The number of benzene rings is 2. The lowest BCUT2D eigenvalue weighted by Crippen LogP contribution is -1.87. The van der Waals surface area contributed by atoms with E-state index in [1.807, 2.05) is 12.1 Å². The second-order valence-corrected chi connectivity index (χ2v) is 5.12. The van der Waals surface area contributed by atoms with Crippen LogP contribution in [0.4, 0.5) is 5.69 Å². The standard InChI is InChI=1S/C16H14ClN3O/c1-2-10-3-5-11(6-4-10)15-19-16(21-20-15)12-7-8-13(17)14(18)9-12/h3-9H,2,18H2,1H3. The Labute approximate surface area is 127 Å². The van der Waals surface area contributed by atoms with Gasteiger partial charge in [-0.2, -0.15) is 4.98 Å². The van der Waals surface area contributed by atoms with Crippen molar-refractivity contribution in [3.63, 3.8) is 0 Å². The van der Waals surface area contributed by atoms with Crippen LogP contribution in [0.5, 0.6) is 0 Å². The third-order valence-electron chi connectivity index (χ3n) is 3.29. The zero-order valence-electron chi connectivity index (χ0n) is 11.5. The first-order valence-electron chi connectivity index (χ1n) is 6.66. The third kappa shape index (κ3) is 2.76. The van der Waals surface area contributed by atoms with E-state index in [2.05, 4.69) is 29.2 Å². The molecule has 3 rings (SSSR count). The van der Waals surface area contributed by atoms with Crippen LogP contribution in [0, 0.1) is 0 Å². The minimum Gasteiger partial charge on any atom is -0.398 e. The van der Waals surface area contributed by atoms with Crippen molar-refractivity contribution in [1.29, 1.82) is 0 Å². The lowest BCUT2D eigenvalue weighted by Gasteiger charge is -1.99. The highest BCUT2D eigenvalue weighted by molar-refractivity contribution is 6.33. The molecule has 0 aliphatic carbocycles. The van der Waals surface area contributed by atoms with E-state index in [-0.39, 0.29) is 0 Å². The molecule has 1 heterocycles. The van der Waals surface area contributed by atoms with Crippen LogP contribution in [0.15, 0.2) is 47.0 Å². The smallest absolute Gasteiger partial charge is 0.258 e. The van der Waals surface area contributed by atoms with Gasteiger partial charge in [0.15, 0.2) is 0 Å². The summed E-state index contributed by atoms with van der Waals surface area (Å²) < 4.78 is 5.30. The van der Waals surface area contributed by atoms with Gasteiger partial charge in [-0.15, -0.1) is 0 Å². The molecule has 0 atom stereocenters. The molecule has 0 aliphatic rings. The van der Waals surface area contributed by atoms with Crippen molar-refractivity contribution in [1.82, 2.24) is 10.1 Å². The van der Waals surface area contributed by atoms with Crippen molar-refractivity contribution >= 4 is 17.3 Å². The Kier molecular flexibility index (Phi) is 3.62. The lowest BCUT2D eigenvalue weighted by molar-refractivity contribution is 0.432. The summed E-state index contributed by atoms with van der Waals surface area (Å²) in [7, 11) is 0. The lowest BCUT2D eigenvalue weighted by atomic mass is 10.1. The Balaban J connectivity index is 1.93. The molecule has 2 N–H and O–H groups in total. The van der Waals surface area contributed by atoms with E-state index in [1.54, 1.807) is 18.2 Å². The molecule has 0 radical (unpaired) electrons. The van der Waals surface area contributed by atoms with Crippen molar-refractivity contribution in [2.45, 2.75) is 13.3 Å². The van der Waals surface area contributed by atoms with Crippen LogP contribution in [-0.4, -0.2) is 10.1 Å². The van der Waals surface area contributed by atoms with Crippen molar-refractivity contribution in [2.24, 2.45) is 0 Å². The quantitative estimate of drug-likeness (QED) is 0.736. The topological polar surface area (TPSA) is 64.9 Å². The normalized spacial score (nSPS) is 10.8. The maximum atomic E-state index is 5.91. The van der Waals surface area contributed by atoms with Crippen LogP contribution < -0.4 is 5.73 Å². The highest BCUT2D eigenvalue weighted by Crippen LogP contribution is 2.27. The molecule has 5 heteroatoms. The summed E-state index contributed by atoms with van der Waals surface area (Å²) in [6.07, 6.45) is 1.00. The van der Waals surface area contributed by atoms with Crippen LogP contribution >= 0.6 is 11.6 Å². The molecule has 0 bridgehead atoms. The summed E-state index contributed by atoms with van der Waals surface area (Å²) in [6, 6.07) is 13.3. The minimum atomic E-state index is 0.424. The molecule has 0 amide bonds. The molecule has 0 saturated heterocycles. The maximum Gasteiger partial charge on any atom is 0.258 e. The molecule has 4 nitrogen and oxygen atoms in total. The van der Waals surface area contributed by atoms with Gasteiger partial charge < -0.3 is 10.3 Å². The average molecular weight is 300 g/mol. The molecule has 0 fully saturated rings. The molecule has 1 aromatic heterocycles. The van der Waals surface area contributed by atoms with Gasteiger partial charge in [-0.1, -0.05) is 47.9 Å². The SMILES string of the molecule is CCc1ccc(-c2noc(-c3ccc(Cl)c(N)c3)n2)cc1. The van der Waals surface area contributed by atoms with Gasteiger partial charge in [0, 0.05) is 11.1 Å². The van der Waals surface area contributed by atoms with E-state index in [0.717, 1.165) is 17.5 Å². The number of aromatic nitrogens is 2. The number of halogens is 1.